The summed E-state index contributed by atoms with van der Waals surface area (Å²) in [5.41, 5.74) is 2.89. The number of aryl methyl sites for hydroxylation is 1. The van der Waals surface area contributed by atoms with Crippen LogP contribution in [0.3, 0.4) is 0 Å². The summed E-state index contributed by atoms with van der Waals surface area (Å²) in [6.45, 7) is 6.87. The first-order chi connectivity index (χ1) is 8.34. The van der Waals surface area contributed by atoms with Crippen molar-refractivity contribution in [3.8, 4) is 0 Å². The Balaban J connectivity index is 0.000000902. The Morgan fingerprint density at radius 1 is 1.05 bits per heavy atom. The summed E-state index contributed by atoms with van der Waals surface area (Å²) in [6, 6.07) is 9.86. The molecule has 1 aliphatic carbocycles. The van der Waals surface area contributed by atoms with Crippen molar-refractivity contribution >= 4 is 24.8 Å². The predicted molar refractivity (Wildman–Crippen MR) is 85.6 cm³/mol. The highest BCUT2D eigenvalue weighted by molar-refractivity contribution is 5.85. The van der Waals surface area contributed by atoms with Gasteiger partial charge in [-0.3, -0.25) is 4.90 Å². The fourth-order valence-corrected chi connectivity index (χ4v) is 2.92. The molecule has 0 bridgehead atoms. The van der Waals surface area contributed by atoms with E-state index in [2.05, 4.69) is 41.4 Å². The van der Waals surface area contributed by atoms with Gasteiger partial charge in [0.05, 0.1) is 0 Å². The van der Waals surface area contributed by atoms with Crippen LogP contribution in [0.4, 0.5) is 0 Å². The smallest absolute Gasteiger partial charge is 0.0377 e. The standard InChI is InChI=1S/C15H22N2.2ClH/c1-12-2-4-13(5-3-12)15(14-6-7-14)17-10-8-16-9-11-17;;/h2-5,14-16H,6-11H2,1H3;2*1H/t15-;;/m0../s1. The topological polar surface area (TPSA) is 15.3 Å². The second-order valence-electron chi connectivity index (χ2n) is 5.48. The van der Waals surface area contributed by atoms with Crippen molar-refractivity contribution in [3.05, 3.63) is 35.4 Å². The van der Waals surface area contributed by atoms with Crippen LogP contribution in [0, 0.1) is 12.8 Å². The van der Waals surface area contributed by atoms with Gasteiger partial charge in [0.1, 0.15) is 0 Å². The number of hydrogen-bond donors (Lipinski definition) is 1. The van der Waals surface area contributed by atoms with Gasteiger partial charge in [-0.1, -0.05) is 29.8 Å². The van der Waals surface area contributed by atoms with E-state index in [0.717, 1.165) is 19.0 Å². The number of benzene rings is 1. The van der Waals surface area contributed by atoms with Gasteiger partial charge < -0.3 is 5.32 Å². The Kier molecular flexibility index (Phi) is 6.61. The zero-order chi connectivity index (χ0) is 11.7. The Bertz CT molecular complexity index is 370. The Labute approximate surface area is 128 Å². The van der Waals surface area contributed by atoms with Gasteiger partial charge in [-0.2, -0.15) is 0 Å². The van der Waals surface area contributed by atoms with Crippen molar-refractivity contribution in [3.63, 3.8) is 0 Å². The first kappa shape index (κ1) is 16.8. The highest BCUT2D eigenvalue weighted by Crippen LogP contribution is 2.44. The minimum atomic E-state index is 0. The van der Waals surface area contributed by atoms with E-state index >= 15 is 0 Å². The summed E-state index contributed by atoms with van der Waals surface area (Å²) in [5.74, 6) is 0.913. The summed E-state index contributed by atoms with van der Waals surface area (Å²) in [5, 5.41) is 3.45. The van der Waals surface area contributed by atoms with Crippen LogP contribution >= 0.6 is 24.8 Å². The van der Waals surface area contributed by atoms with Crippen molar-refractivity contribution < 1.29 is 0 Å². The molecule has 0 amide bonds. The van der Waals surface area contributed by atoms with Gasteiger partial charge in [0, 0.05) is 32.2 Å². The van der Waals surface area contributed by atoms with Crippen LogP contribution in [0.25, 0.3) is 0 Å². The van der Waals surface area contributed by atoms with Gasteiger partial charge in [0.25, 0.3) is 0 Å². The first-order valence-corrected chi connectivity index (χ1v) is 6.86. The summed E-state index contributed by atoms with van der Waals surface area (Å²) in [6.07, 6.45) is 2.84. The molecular formula is C15H24Cl2N2. The monoisotopic (exact) mass is 302 g/mol. The Hall–Kier alpha value is -0.280. The van der Waals surface area contributed by atoms with Gasteiger partial charge in [-0.05, 0) is 31.2 Å². The Morgan fingerprint density at radius 2 is 1.63 bits per heavy atom. The molecule has 1 atom stereocenters. The lowest BCUT2D eigenvalue weighted by molar-refractivity contribution is 0.156. The number of piperazine rings is 1. The zero-order valence-corrected chi connectivity index (χ0v) is 13.1. The van der Waals surface area contributed by atoms with E-state index in [-0.39, 0.29) is 24.8 Å². The highest BCUT2D eigenvalue weighted by atomic mass is 35.5. The number of rotatable bonds is 3. The average molecular weight is 303 g/mol. The maximum absolute atomic E-state index is 3.45. The maximum Gasteiger partial charge on any atom is 0.0377 e. The molecule has 2 fully saturated rings. The van der Waals surface area contributed by atoms with Crippen LogP contribution in [-0.2, 0) is 0 Å². The van der Waals surface area contributed by atoms with Crippen molar-refractivity contribution in [2.24, 2.45) is 5.92 Å². The minimum absolute atomic E-state index is 0. The van der Waals surface area contributed by atoms with Gasteiger partial charge in [-0.25, -0.2) is 0 Å². The number of nitrogens with zero attached hydrogens (tertiary/aromatic N) is 1. The van der Waals surface area contributed by atoms with Crippen LogP contribution in [0.15, 0.2) is 24.3 Å². The summed E-state index contributed by atoms with van der Waals surface area (Å²) >= 11 is 0. The van der Waals surface area contributed by atoms with Crippen LogP contribution in [0.2, 0.25) is 0 Å². The molecular weight excluding hydrogens is 279 g/mol. The molecule has 1 N–H and O–H groups in total. The number of halogens is 2. The molecule has 0 aromatic heterocycles. The fraction of sp³-hybridized carbons (Fsp3) is 0.600. The zero-order valence-electron chi connectivity index (χ0n) is 11.5. The largest absolute Gasteiger partial charge is 0.314 e. The van der Waals surface area contributed by atoms with Crippen molar-refractivity contribution in [2.75, 3.05) is 26.2 Å². The average Bonchev–Trinajstić information content (AvgIpc) is 3.18. The third-order valence-electron chi connectivity index (χ3n) is 4.03. The number of hydrogen-bond acceptors (Lipinski definition) is 2. The summed E-state index contributed by atoms with van der Waals surface area (Å²) in [7, 11) is 0. The van der Waals surface area contributed by atoms with E-state index in [9.17, 15) is 0 Å². The molecule has 2 nitrogen and oxygen atoms in total. The second-order valence-corrected chi connectivity index (χ2v) is 5.48. The van der Waals surface area contributed by atoms with Crippen molar-refractivity contribution in [1.82, 2.24) is 10.2 Å². The van der Waals surface area contributed by atoms with Gasteiger partial charge >= 0.3 is 0 Å². The first-order valence-electron chi connectivity index (χ1n) is 6.86. The molecule has 2 aliphatic rings. The van der Waals surface area contributed by atoms with E-state index in [1.54, 1.807) is 0 Å². The quantitative estimate of drug-likeness (QED) is 0.922. The molecule has 1 saturated carbocycles. The number of nitrogens with one attached hydrogen (secondary N) is 1. The maximum atomic E-state index is 3.45. The van der Waals surface area contributed by atoms with Crippen molar-refractivity contribution in [1.29, 1.82) is 0 Å². The lowest BCUT2D eigenvalue weighted by Gasteiger charge is -2.35. The lowest BCUT2D eigenvalue weighted by Crippen LogP contribution is -2.45. The molecule has 1 heterocycles. The van der Waals surface area contributed by atoms with E-state index in [4.69, 9.17) is 0 Å². The van der Waals surface area contributed by atoms with Crippen LogP contribution in [-0.4, -0.2) is 31.1 Å². The summed E-state index contributed by atoms with van der Waals surface area (Å²) < 4.78 is 0. The fourth-order valence-electron chi connectivity index (χ4n) is 2.92. The predicted octanol–water partition coefficient (Wildman–Crippen LogP) is 3.19. The van der Waals surface area contributed by atoms with Crippen LogP contribution in [0.1, 0.15) is 30.0 Å². The highest BCUT2D eigenvalue weighted by Gasteiger charge is 2.36. The lowest BCUT2D eigenvalue weighted by atomic mass is 9.99. The molecule has 0 unspecified atom stereocenters. The molecule has 0 radical (unpaired) electrons. The molecule has 4 heteroatoms. The van der Waals surface area contributed by atoms with E-state index in [1.807, 2.05) is 0 Å². The Morgan fingerprint density at radius 3 is 2.16 bits per heavy atom. The van der Waals surface area contributed by atoms with E-state index < -0.39 is 0 Å². The van der Waals surface area contributed by atoms with Gasteiger partial charge in [-0.15, -0.1) is 24.8 Å². The molecule has 1 aromatic rings. The molecule has 108 valence electrons. The molecule has 19 heavy (non-hydrogen) atoms. The van der Waals surface area contributed by atoms with Gasteiger partial charge in [0.15, 0.2) is 0 Å². The van der Waals surface area contributed by atoms with Crippen molar-refractivity contribution in [2.45, 2.75) is 25.8 Å². The molecule has 0 spiro atoms. The van der Waals surface area contributed by atoms with Crippen LogP contribution in [0.5, 0.6) is 0 Å². The molecule has 1 saturated heterocycles. The van der Waals surface area contributed by atoms with Crippen LogP contribution < -0.4 is 5.32 Å². The molecule has 1 aliphatic heterocycles. The third kappa shape index (κ3) is 4.09. The van der Waals surface area contributed by atoms with Gasteiger partial charge in [0.2, 0.25) is 0 Å². The molecule has 1 aromatic carbocycles. The third-order valence-corrected chi connectivity index (χ3v) is 4.03. The van der Waals surface area contributed by atoms with E-state index in [0.29, 0.717) is 6.04 Å². The normalized spacial score (nSPS) is 21.1. The second kappa shape index (κ2) is 7.49. The van der Waals surface area contributed by atoms with E-state index in [1.165, 1.54) is 37.1 Å². The molecule has 3 rings (SSSR count). The SMILES string of the molecule is Cc1ccc([C@@H](C2CC2)N2CCNCC2)cc1.Cl.Cl. The summed E-state index contributed by atoms with van der Waals surface area (Å²) in [4.78, 5) is 2.68. The minimum Gasteiger partial charge on any atom is -0.314 e.